The molecule has 0 amide bonds. The summed E-state index contributed by atoms with van der Waals surface area (Å²) >= 11 is 0. The first-order valence-corrected chi connectivity index (χ1v) is 7.55. The van der Waals surface area contributed by atoms with E-state index in [4.69, 9.17) is 15.0 Å². The molecule has 0 spiro atoms. The van der Waals surface area contributed by atoms with Crippen molar-refractivity contribution in [3.05, 3.63) is 10.4 Å². The second-order valence-corrected chi connectivity index (χ2v) is 5.68. The Bertz CT molecular complexity index is 527. The zero-order valence-corrected chi connectivity index (χ0v) is 14.0. The minimum Gasteiger partial charge on any atom is -0.465 e. The van der Waals surface area contributed by atoms with E-state index in [9.17, 15) is 19.1 Å². The highest BCUT2D eigenvalue weighted by Gasteiger charge is 2.58. The molecule has 10 heteroatoms. The number of rotatable bonds is 6. The van der Waals surface area contributed by atoms with Crippen molar-refractivity contribution in [2.45, 2.75) is 63.8 Å². The van der Waals surface area contributed by atoms with Gasteiger partial charge in [-0.2, -0.15) is 0 Å². The number of aliphatic hydroxyl groups is 1. The summed E-state index contributed by atoms with van der Waals surface area (Å²) in [7, 11) is 0.972. The molecule has 1 rings (SSSR count). The van der Waals surface area contributed by atoms with Crippen molar-refractivity contribution >= 4 is 11.9 Å². The van der Waals surface area contributed by atoms with Gasteiger partial charge in [0, 0.05) is 18.3 Å². The average Bonchev–Trinajstić information content (AvgIpc) is 2.54. The van der Waals surface area contributed by atoms with Crippen LogP contribution in [0.25, 0.3) is 10.4 Å². The predicted molar refractivity (Wildman–Crippen MR) is 79.3 cm³/mol. The SMILES string of the molecule is CC[C@H](CC1OC(O)(C(=O)OC)C(F)C(N=[N+]=[N-])C1C)OC(C)=O. The fourth-order valence-corrected chi connectivity index (χ4v) is 2.71. The summed E-state index contributed by atoms with van der Waals surface area (Å²) in [5, 5.41) is 13.7. The molecule has 0 aromatic rings. The van der Waals surface area contributed by atoms with E-state index in [1.54, 1.807) is 13.8 Å². The molecule has 0 aliphatic carbocycles. The minimum atomic E-state index is -2.89. The first-order valence-electron chi connectivity index (χ1n) is 7.55. The van der Waals surface area contributed by atoms with Gasteiger partial charge in [0.05, 0.1) is 19.3 Å². The highest BCUT2D eigenvalue weighted by Crippen LogP contribution is 2.38. The minimum absolute atomic E-state index is 0.0979. The molecule has 0 bridgehead atoms. The van der Waals surface area contributed by atoms with Crippen LogP contribution in [0.15, 0.2) is 5.11 Å². The van der Waals surface area contributed by atoms with Crippen LogP contribution in [-0.2, 0) is 23.8 Å². The van der Waals surface area contributed by atoms with Crippen LogP contribution in [0, 0.1) is 5.92 Å². The molecular weight excluding hydrogens is 325 g/mol. The molecule has 24 heavy (non-hydrogen) atoms. The van der Waals surface area contributed by atoms with Gasteiger partial charge in [0.1, 0.15) is 6.10 Å². The highest BCUT2D eigenvalue weighted by atomic mass is 19.1. The van der Waals surface area contributed by atoms with Gasteiger partial charge in [-0.25, -0.2) is 9.18 Å². The van der Waals surface area contributed by atoms with Crippen LogP contribution in [0.3, 0.4) is 0 Å². The lowest BCUT2D eigenvalue weighted by Gasteiger charge is -2.44. The largest absolute Gasteiger partial charge is 0.465 e. The molecule has 0 radical (unpaired) electrons. The Hall–Kier alpha value is -1.90. The van der Waals surface area contributed by atoms with E-state index in [1.165, 1.54) is 6.92 Å². The topological polar surface area (TPSA) is 131 Å². The van der Waals surface area contributed by atoms with E-state index >= 15 is 0 Å². The van der Waals surface area contributed by atoms with Gasteiger partial charge in [0.15, 0.2) is 6.17 Å². The number of halogens is 1. The first-order chi connectivity index (χ1) is 11.2. The zero-order chi connectivity index (χ0) is 18.5. The number of hydrogen-bond acceptors (Lipinski definition) is 7. The van der Waals surface area contributed by atoms with Crippen LogP contribution >= 0.6 is 0 Å². The third-order valence-corrected chi connectivity index (χ3v) is 4.08. The summed E-state index contributed by atoms with van der Waals surface area (Å²) in [6, 6.07) is -1.34. The van der Waals surface area contributed by atoms with Gasteiger partial charge in [-0.3, -0.25) is 4.79 Å². The summed E-state index contributed by atoms with van der Waals surface area (Å²) in [5.74, 6) is -5.38. The summed E-state index contributed by atoms with van der Waals surface area (Å²) in [6.45, 7) is 4.59. The van der Waals surface area contributed by atoms with E-state index in [0.29, 0.717) is 6.42 Å². The number of ether oxygens (including phenoxy) is 3. The van der Waals surface area contributed by atoms with E-state index in [0.717, 1.165) is 7.11 Å². The first kappa shape index (κ1) is 20.1. The molecule has 1 fully saturated rings. The Kier molecular flexibility index (Phi) is 6.94. The summed E-state index contributed by atoms with van der Waals surface area (Å²) < 4.78 is 29.3. The van der Waals surface area contributed by atoms with E-state index in [1.807, 2.05) is 0 Å². The van der Waals surface area contributed by atoms with Crippen molar-refractivity contribution in [3.8, 4) is 0 Å². The molecule has 0 aromatic heterocycles. The summed E-state index contributed by atoms with van der Waals surface area (Å²) in [6.07, 6.45) is -3.18. The molecule has 1 saturated heterocycles. The lowest BCUT2D eigenvalue weighted by Crippen LogP contribution is -2.63. The van der Waals surface area contributed by atoms with E-state index in [2.05, 4.69) is 14.8 Å². The molecule has 1 aliphatic heterocycles. The maximum atomic E-state index is 14.5. The van der Waals surface area contributed by atoms with Gasteiger partial charge >= 0.3 is 11.9 Å². The Morgan fingerprint density at radius 2 is 2.17 bits per heavy atom. The second kappa shape index (κ2) is 8.27. The van der Waals surface area contributed by atoms with Crippen LogP contribution in [-0.4, -0.2) is 54.4 Å². The molecule has 0 aromatic carbocycles. The number of azide groups is 1. The van der Waals surface area contributed by atoms with Crippen LogP contribution < -0.4 is 0 Å². The van der Waals surface area contributed by atoms with Crippen molar-refractivity contribution in [3.63, 3.8) is 0 Å². The zero-order valence-electron chi connectivity index (χ0n) is 14.0. The van der Waals surface area contributed by atoms with Crippen LogP contribution in [0.1, 0.15) is 33.6 Å². The van der Waals surface area contributed by atoms with Crippen molar-refractivity contribution in [2.24, 2.45) is 11.0 Å². The molecule has 1 N–H and O–H groups in total. The number of alkyl halides is 1. The van der Waals surface area contributed by atoms with Crippen molar-refractivity contribution in [1.82, 2.24) is 0 Å². The number of nitrogens with zero attached hydrogens (tertiary/aromatic N) is 3. The Labute approximate surface area is 138 Å². The summed E-state index contributed by atoms with van der Waals surface area (Å²) in [4.78, 5) is 25.5. The Morgan fingerprint density at radius 3 is 2.62 bits per heavy atom. The van der Waals surface area contributed by atoms with Gasteiger partial charge in [-0.1, -0.05) is 19.0 Å². The second-order valence-electron chi connectivity index (χ2n) is 5.68. The van der Waals surface area contributed by atoms with Crippen LogP contribution in [0.4, 0.5) is 4.39 Å². The fraction of sp³-hybridized carbons (Fsp3) is 0.857. The van der Waals surface area contributed by atoms with Crippen molar-refractivity contribution in [1.29, 1.82) is 0 Å². The molecule has 5 unspecified atom stereocenters. The summed E-state index contributed by atoms with van der Waals surface area (Å²) in [5.41, 5.74) is 8.64. The molecule has 6 atom stereocenters. The standard InChI is InChI=1S/C14H22FN3O6/c1-5-9(23-8(3)19)6-10-7(2)11(17-18-16)12(15)14(21,24-10)13(20)22-4/h7,9-12,21H,5-6H2,1-4H3/t7?,9-,10?,11?,12?,14?/m1/s1. The van der Waals surface area contributed by atoms with Gasteiger partial charge in [0.2, 0.25) is 0 Å². The third kappa shape index (κ3) is 4.14. The lowest BCUT2D eigenvalue weighted by molar-refractivity contribution is -0.298. The van der Waals surface area contributed by atoms with Gasteiger partial charge in [-0.15, -0.1) is 0 Å². The van der Waals surface area contributed by atoms with Crippen LogP contribution in [0.5, 0.6) is 0 Å². The monoisotopic (exact) mass is 347 g/mol. The highest BCUT2D eigenvalue weighted by molar-refractivity contribution is 5.78. The Balaban J connectivity index is 3.12. The number of esters is 2. The van der Waals surface area contributed by atoms with Crippen LogP contribution in [0.2, 0.25) is 0 Å². The molecule has 1 aliphatic rings. The maximum Gasteiger partial charge on any atom is 0.369 e. The number of carbonyl (C=O) groups is 2. The Morgan fingerprint density at radius 1 is 1.54 bits per heavy atom. The molecular formula is C14H22FN3O6. The number of hydrogen-bond donors (Lipinski definition) is 1. The molecule has 0 saturated carbocycles. The lowest BCUT2D eigenvalue weighted by atomic mass is 9.83. The van der Waals surface area contributed by atoms with Crippen molar-refractivity contribution < 1.29 is 33.3 Å². The van der Waals surface area contributed by atoms with Gasteiger partial charge in [-0.05, 0) is 17.9 Å². The molecule has 9 nitrogen and oxygen atoms in total. The van der Waals surface area contributed by atoms with E-state index < -0.39 is 48.1 Å². The predicted octanol–water partition coefficient (Wildman–Crippen LogP) is 1.63. The third-order valence-electron chi connectivity index (χ3n) is 4.08. The fourth-order valence-electron chi connectivity index (χ4n) is 2.71. The number of methoxy groups -OCH3 is 1. The quantitative estimate of drug-likeness (QED) is 0.336. The maximum absolute atomic E-state index is 14.5. The normalized spacial score (nSPS) is 33.9. The van der Waals surface area contributed by atoms with Gasteiger partial charge < -0.3 is 19.3 Å². The van der Waals surface area contributed by atoms with E-state index in [-0.39, 0.29) is 6.42 Å². The average molecular weight is 347 g/mol. The molecule has 136 valence electrons. The van der Waals surface area contributed by atoms with Crippen molar-refractivity contribution in [2.75, 3.05) is 7.11 Å². The van der Waals surface area contributed by atoms with Gasteiger partial charge in [0.25, 0.3) is 5.79 Å². The smallest absolute Gasteiger partial charge is 0.369 e. The molecule has 1 heterocycles. The number of carbonyl (C=O) groups excluding carboxylic acids is 2.